The number of aliphatic hydroxyl groups excluding tert-OH is 6. The molecule has 6 heteroatoms. The molecule has 1 aliphatic rings. The third kappa shape index (κ3) is 63.0. The fourth-order valence-corrected chi connectivity index (χ4v) is 3.54. The van der Waals surface area contributed by atoms with Crippen LogP contribution in [0.5, 0.6) is 0 Å². The van der Waals surface area contributed by atoms with Crippen LogP contribution in [-0.4, -0.2) is 73.3 Å². The first-order chi connectivity index (χ1) is 16.0. The fraction of sp³-hybridized carbons (Fsp3) is 1.00. The Morgan fingerprint density at radius 3 is 0.219 bits per heavy atom. The summed E-state index contributed by atoms with van der Waals surface area (Å²) in [6.07, 6.45) is 30.0. The van der Waals surface area contributed by atoms with Crippen LogP contribution in [0.15, 0.2) is 0 Å². The first kappa shape index (κ1) is 45.3. The second-order valence-electron chi connectivity index (χ2n) is 7.07. The molecule has 1 saturated carbocycles. The van der Waals surface area contributed by atoms with Crippen LogP contribution >= 0.6 is 0 Å². The summed E-state index contributed by atoms with van der Waals surface area (Å²) in [7, 11) is 6.00. The molecule has 0 atom stereocenters. The van der Waals surface area contributed by atoms with Gasteiger partial charge in [0, 0.05) is 42.7 Å². The van der Waals surface area contributed by atoms with Gasteiger partial charge in [0.05, 0.1) is 0 Å². The maximum atomic E-state index is 7.00. The second kappa shape index (κ2) is 69.8. The van der Waals surface area contributed by atoms with E-state index in [9.17, 15) is 0 Å². The van der Waals surface area contributed by atoms with Crippen molar-refractivity contribution in [3.63, 3.8) is 0 Å². The van der Waals surface area contributed by atoms with Gasteiger partial charge >= 0.3 is 0 Å². The molecule has 0 aliphatic heterocycles. The van der Waals surface area contributed by atoms with Gasteiger partial charge in [-0.05, 0) is 0 Å². The van der Waals surface area contributed by atoms with Crippen molar-refractivity contribution in [1.29, 1.82) is 0 Å². The Hall–Kier alpha value is -0.240. The molecule has 0 amide bonds. The predicted octanol–water partition coefficient (Wildman–Crippen LogP) is 5.45. The molecule has 0 saturated heterocycles. The first-order valence-electron chi connectivity index (χ1n) is 12.7. The molecule has 6 N–H and O–H groups in total. The zero-order valence-corrected chi connectivity index (χ0v) is 22.8. The number of rotatable bonds is 0. The van der Waals surface area contributed by atoms with E-state index in [4.69, 9.17) is 30.6 Å². The van der Waals surface area contributed by atoms with Gasteiger partial charge in [-0.2, -0.15) is 0 Å². The standard InChI is InChI=1S/C20H40.6CH4O/c1-2-4-6-8-10-12-14-16-18-20-19-17-15-13-11-9-7-5-3-1;6*1-2/h1-20H2;6*2H,1H3. The maximum Gasteiger partial charge on any atom is 0.0319 e. The van der Waals surface area contributed by atoms with Crippen LogP contribution in [0.25, 0.3) is 0 Å². The molecular formula is C26H64O6. The van der Waals surface area contributed by atoms with Crippen molar-refractivity contribution in [3.05, 3.63) is 0 Å². The van der Waals surface area contributed by atoms with Gasteiger partial charge in [0.25, 0.3) is 0 Å². The molecule has 0 spiro atoms. The lowest BCUT2D eigenvalue weighted by molar-refractivity contribution is 0.399. The van der Waals surface area contributed by atoms with Crippen molar-refractivity contribution in [3.8, 4) is 0 Å². The minimum absolute atomic E-state index is 1.00. The summed E-state index contributed by atoms with van der Waals surface area (Å²) < 4.78 is 0. The van der Waals surface area contributed by atoms with Gasteiger partial charge in [-0.15, -0.1) is 0 Å². The topological polar surface area (TPSA) is 121 Å². The van der Waals surface area contributed by atoms with Crippen molar-refractivity contribution in [2.45, 2.75) is 128 Å². The molecule has 32 heavy (non-hydrogen) atoms. The predicted molar refractivity (Wildman–Crippen MR) is 141 cm³/mol. The van der Waals surface area contributed by atoms with Gasteiger partial charge in [-0.1, -0.05) is 128 Å². The highest BCUT2D eigenvalue weighted by molar-refractivity contribution is 4.52. The van der Waals surface area contributed by atoms with Crippen LogP contribution in [0.2, 0.25) is 0 Å². The van der Waals surface area contributed by atoms with E-state index < -0.39 is 0 Å². The second-order valence-corrected chi connectivity index (χ2v) is 7.07. The molecule has 0 unspecified atom stereocenters. The third-order valence-electron chi connectivity index (χ3n) is 5.00. The van der Waals surface area contributed by atoms with E-state index in [0.717, 1.165) is 42.7 Å². The molecule has 204 valence electrons. The van der Waals surface area contributed by atoms with Crippen molar-refractivity contribution in [1.82, 2.24) is 0 Å². The molecule has 0 aromatic carbocycles. The van der Waals surface area contributed by atoms with Crippen LogP contribution in [0.4, 0.5) is 0 Å². The highest BCUT2D eigenvalue weighted by Crippen LogP contribution is 2.16. The molecule has 0 radical (unpaired) electrons. The SMILES string of the molecule is C1CCCCCCCCCCCCCCCCCCC1.CO.CO.CO.CO.CO.CO. The summed E-state index contributed by atoms with van der Waals surface area (Å²) in [4.78, 5) is 0. The Morgan fingerprint density at radius 1 is 0.156 bits per heavy atom. The minimum Gasteiger partial charge on any atom is -0.400 e. The van der Waals surface area contributed by atoms with Crippen LogP contribution in [0.1, 0.15) is 128 Å². The highest BCUT2D eigenvalue weighted by Gasteiger charge is 1.96. The Kier molecular flexibility index (Phi) is 98.7. The average molecular weight is 473 g/mol. The van der Waals surface area contributed by atoms with Crippen LogP contribution in [0.3, 0.4) is 0 Å². The molecular weight excluding hydrogens is 408 g/mol. The Bertz CT molecular complexity index is 109. The Balaban J connectivity index is -0.000000121. The van der Waals surface area contributed by atoms with Crippen molar-refractivity contribution < 1.29 is 30.6 Å². The minimum atomic E-state index is 1.00. The highest BCUT2D eigenvalue weighted by atomic mass is 16.2. The summed E-state index contributed by atoms with van der Waals surface area (Å²) in [5.41, 5.74) is 0. The summed E-state index contributed by atoms with van der Waals surface area (Å²) in [6, 6.07) is 0. The lowest BCUT2D eigenvalue weighted by atomic mass is 10.0. The van der Waals surface area contributed by atoms with Crippen LogP contribution in [0, 0.1) is 0 Å². The third-order valence-corrected chi connectivity index (χ3v) is 5.00. The summed E-state index contributed by atoms with van der Waals surface area (Å²) in [5.74, 6) is 0. The number of hydrogen-bond acceptors (Lipinski definition) is 6. The van der Waals surface area contributed by atoms with Gasteiger partial charge in [0.1, 0.15) is 0 Å². The van der Waals surface area contributed by atoms with E-state index in [-0.39, 0.29) is 0 Å². The average Bonchev–Trinajstić information content (AvgIpc) is 2.90. The number of aliphatic hydroxyl groups is 6. The van der Waals surface area contributed by atoms with E-state index in [0.29, 0.717) is 0 Å². The smallest absolute Gasteiger partial charge is 0.0319 e. The zero-order chi connectivity index (χ0) is 26.1. The Morgan fingerprint density at radius 2 is 0.188 bits per heavy atom. The largest absolute Gasteiger partial charge is 0.400 e. The fourth-order valence-electron chi connectivity index (χ4n) is 3.54. The summed E-state index contributed by atoms with van der Waals surface area (Å²) in [6.45, 7) is 0. The maximum absolute atomic E-state index is 7.00. The lowest BCUT2D eigenvalue weighted by Crippen LogP contribution is -1.85. The van der Waals surface area contributed by atoms with Gasteiger partial charge in [0.2, 0.25) is 0 Å². The van der Waals surface area contributed by atoms with Gasteiger partial charge < -0.3 is 30.6 Å². The molecule has 0 heterocycles. The van der Waals surface area contributed by atoms with Gasteiger partial charge in [0.15, 0.2) is 0 Å². The van der Waals surface area contributed by atoms with E-state index in [1.54, 1.807) is 0 Å². The zero-order valence-electron chi connectivity index (χ0n) is 22.8. The van der Waals surface area contributed by atoms with E-state index in [1.807, 2.05) is 0 Å². The monoisotopic (exact) mass is 472 g/mol. The molecule has 6 nitrogen and oxygen atoms in total. The molecule has 1 rings (SSSR count). The quantitative estimate of drug-likeness (QED) is 0.279. The normalized spacial score (nSPS) is 16.1. The van der Waals surface area contributed by atoms with Gasteiger partial charge in [-0.25, -0.2) is 0 Å². The lowest BCUT2D eigenvalue weighted by Gasteiger charge is -2.05. The molecule has 1 fully saturated rings. The van der Waals surface area contributed by atoms with Crippen molar-refractivity contribution in [2.24, 2.45) is 0 Å². The Labute approximate surface area is 202 Å². The first-order valence-corrected chi connectivity index (χ1v) is 12.7. The molecule has 0 aromatic heterocycles. The molecule has 0 bridgehead atoms. The van der Waals surface area contributed by atoms with Crippen LogP contribution < -0.4 is 0 Å². The van der Waals surface area contributed by atoms with Gasteiger partial charge in [-0.3, -0.25) is 0 Å². The van der Waals surface area contributed by atoms with Crippen molar-refractivity contribution in [2.75, 3.05) is 42.7 Å². The van der Waals surface area contributed by atoms with E-state index in [1.165, 1.54) is 128 Å². The number of hydrogen-bond donors (Lipinski definition) is 6. The summed E-state index contributed by atoms with van der Waals surface area (Å²) in [5, 5.41) is 42.0. The van der Waals surface area contributed by atoms with E-state index >= 15 is 0 Å². The molecule has 0 aromatic rings. The van der Waals surface area contributed by atoms with E-state index in [2.05, 4.69) is 0 Å². The summed E-state index contributed by atoms with van der Waals surface area (Å²) >= 11 is 0. The van der Waals surface area contributed by atoms with Crippen molar-refractivity contribution >= 4 is 0 Å². The van der Waals surface area contributed by atoms with Crippen LogP contribution in [-0.2, 0) is 0 Å². The molecule has 1 aliphatic carbocycles.